The molecule has 0 aliphatic rings. The summed E-state index contributed by atoms with van der Waals surface area (Å²) in [5.41, 5.74) is 2.16. The third-order valence-corrected chi connectivity index (χ3v) is 4.33. The minimum absolute atomic E-state index is 0.0492. The van der Waals surface area contributed by atoms with E-state index in [-0.39, 0.29) is 5.56 Å². The monoisotopic (exact) mass is 379 g/mol. The third-order valence-electron chi connectivity index (χ3n) is 4.33. The topological polar surface area (TPSA) is 67.4 Å². The van der Waals surface area contributed by atoms with Crippen molar-refractivity contribution in [3.05, 3.63) is 77.6 Å². The molecule has 3 heterocycles. The molecule has 0 radical (unpaired) electrons. The summed E-state index contributed by atoms with van der Waals surface area (Å²) < 4.78 is 42.1. The second-order valence-electron chi connectivity index (χ2n) is 6.13. The van der Waals surface area contributed by atoms with E-state index in [9.17, 15) is 13.2 Å². The molecule has 0 atom stereocenters. The molecule has 0 saturated carbocycles. The molecule has 1 aromatic carbocycles. The normalized spacial score (nSPS) is 11.1. The van der Waals surface area contributed by atoms with Crippen LogP contribution in [-0.4, -0.2) is 19.7 Å². The Bertz CT molecular complexity index is 1210. The fourth-order valence-corrected chi connectivity index (χ4v) is 2.98. The van der Waals surface area contributed by atoms with E-state index >= 15 is 0 Å². The fraction of sp³-hybridized carbons (Fsp3) is 0.100. The minimum atomic E-state index is -2.90. The average Bonchev–Trinajstić information content (AvgIpc) is 3.10. The first kappa shape index (κ1) is 17.7. The third kappa shape index (κ3) is 3.18. The van der Waals surface area contributed by atoms with Gasteiger partial charge in [-0.2, -0.15) is 10.4 Å². The van der Waals surface area contributed by atoms with Gasteiger partial charge in [0.2, 0.25) is 0 Å². The van der Waals surface area contributed by atoms with Gasteiger partial charge in [-0.05, 0) is 17.7 Å². The maximum absolute atomic E-state index is 14.5. The number of nitrogens with zero attached hydrogens (tertiary/aromatic N) is 5. The summed E-state index contributed by atoms with van der Waals surface area (Å²) in [5.74, 6) is -0.962. The molecule has 4 aromatic rings. The Balaban J connectivity index is 1.77. The van der Waals surface area contributed by atoms with Gasteiger partial charge in [-0.15, -0.1) is 0 Å². The van der Waals surface area contributed by atoms with Crippen molar-refractivity contribution in [3.8, 4) is 17.2 Å². The highest BCUT2D eigenvalue weighted by atomic mass is 19.3. The Morgan fingerprint density at radius 3 is 2.75 bits per heavy atom. The molecular formula is C20H12F3N5. The van der Waals surface area contributed by atoms with Crippen molar-refractivity contribution in [2.45, 2.75) is 13.0 Å². The smallest absolute Gasteiger partial charge is 0.263 e. The van der Waals surface area contributed by atoms with E-state index < -0.39 is 17.8 Å². The number of fused-ring (bicyclic) bond motifs is 1. The lowest BCUT2D eigenvalue weighted by Crippen LogP contribution is -2.02. The summed E-state index contributed by atoms with van der Waals surface area (Å²) >= 11 is 0. The number of hydrogen-bond donors (Lipinski definition) is 0. The van der Waals surface area contributed by atoms with Gasteiger partial charge >= 0.3 is 0 Å². The Morgan fingerprint density at radius 2 is 1.96 bits per heavy atom. The summed E-state index contributed by atoms with van der Waals surface area (Å²) in [4.78, 5) is 8.28. The molecule has 0 unspecified atom stereocenters. The Kier molecular flexibility index (Phi) is 4.49. The number of aromatic nitrogens is 4. The van der Waals surface area contributed by atoms with E-state index in [1.54, 1.807) is 29.2 Å². The molecule has 4 rings (SSSR count). The van der Waals surface area contributed by atoms with Crippen LogP contribution < -0.4 is 0 Å². The van der Waals surface area contributed by atoms with E-state index in [0.717, 1.165) is 11.6 Å². The van der Waals surface area contributed by atoms with Crippen LogP contribution in [-0.2, 0) is 6.54 Å². The van der Waals surface area contributed by atoms with E-state index in [1.165, 1.54) is 24.5 Å². The van der Waals surface area contributed by atoms with Gasteiger partial charge in [0.25, 0.3) is 6.43 Å². The highest BCUT2D eigenvalue weighted by molar-refractivity contribution is 5.80. The first-order chi connectivity index (χ1) is 13.6. The second kappa shape index (κ2) is 7.12. The van der Waals surface area contributed by atoms with Crippen molar-refractivity contribution in [2.24, 2.45) is 0 Å². The summed E-state index contributed by atoms with van der Waals surface area (Å²) in [6.45, 7) is 0.330. The zero-order valence-corrected chi connectivity index (χ0v) is 14.4. The van der Waals surface area contributed by atoms with Gasteiger partial charge in [-0.25, -0.2) is 13.2 Å². The van der Waals surface area contributed by atoms with Gasteiger partial charge in [0.05, 0.1) is 29.4 Å². The lowest BCUT2D eigenvalue weighted by molar-refractivity contribution is 0.146. The zero-order valence-electron chi connectivity index (χ0n) is 14.4. The maximum Gasteiger partial charge on any atom is 0.266 e. The number of nitriles is 1. The van der Waals surface area contributed by atoms with Crippen molar-refractivity contribution in [2.75, 3.05) is 0 Å². The van der Waals surface area contributed by atoms with Gasteiger partial charge in [0, 0.05) is 29.7 Å². The molecule has 0 fully saturated rings. The van der Waals surface area contributed by atoms with Crippen LogP contribution >= 0.6 is 0 Å². The SMILES string of the molecule is N#Cc1cncc(Cn2ncc3ncc(-c4cccc(C(F)F)c4F)cc32)c1. The molecule has 0 amide bonds. The highest BCUT2D eigenvalue weighted by Gasteiger charge is 2.18. The van der Waals surface area contributed by atoms with Crippen molar-refractivity contribution >= 4 is 11.0 Å². The highest BCUT2D eigenvalue weighted by Crippen LogP contribution is 2.31. The van der Waals surface area contributed by atoms with E-state index in [1.807, 2.05) is 6.07 Å². The first-order valence-corrected chi connectivity index (χ1v) is 8.29. The van der Waals surface area contributed by atoms with Crippen LogP contribution in [0, 0.1) is 17.1 Å². The van der Waals surface area contributed by atoms with Crippen LogP contribution in [0.5, 0.6) is 0 Å². The van der Waals surface area contributed by atoms with Gasteiger partial charge in [-0.1, -0.05) is 18.2 Å². The number of rotatable bonds is 4. The molecule has 0 aliphatic carbocycles. The summed E-state index contributed by atoms with van der Waals surface area (Å²) in [6.07, 6.45) is 3.18. The Morgan fingerprint density at radius 1 is 1.11 bits per heavy atom. The number of pyridine rings is 2. The summed E-state index contributed by atoms with van der Waals surface area (Å²) in [6, 6.07) is 9.27. The van der Waals surface area contributed by atoms with E-state index in [0.29, 0.717) is 28.7 Å². The fourth-order valence-electron chi connectivity index (χ4n) is 2.98. The van der Waals surface area contributed by atoms with Crippen LogP contribution in [0.15, 0.2) is 55.1 Å². The van der Waals surface area contributed by atoms with Crippen LogP contribution in [0.2, 0.25) is 0 Å². The first-order valence-electron chi connectivity index (χ1n) is 8.29. The van der Waals surface area contributed by atoms with Crippen molar-refractivity contribution in [1.29, 1.82) is 5.26 Å². The lowest BCUT2D eigenvalue weighted by Gasteiger charge is -2.09. The van der Waals surface area contributed by atoms with Gasteiger partial charge in [-0.3, -0.25) is 14.6 Å². The Hall–Kier alpha value is -3.73. The lowest BCUT2D eigenvalue weighted by atomic mass is 10.0. The number of benzene rings is 1. The molecule has 0 aliphatic heterocycles. The van der Waals surface area contributed by atoms with Crippen LogP contribution in [0.4, 0.5) is 13.2 Å². The van der Waals surface area contributed by atoms with E-state index in [4.69, 9.17) is 5.26 Å². The molecule has 138 valence electrons. The Labute approximate surface area is 157 Å². The van der Waals surface area contributed by atoms with E-state index in [2.05, 4.69) is 15.1 Å². The standard InChI is InChI=1S/C20H12F3N5/c21-19-15(2-1-3-16(19)20(22)23)14-5-18-17(26-9-14)10-27-28(18)11-13-4-12(6-24)7-25-8-13/h1-5,7-10,20H,11H2. The molecular weight excluding hydrogens is 367 g/mol. The molecule has 8 heteroatoms. The minimum Gasteiger partial charge on any atom is -0.263 e. The number of alkyl halides is 2. The zero-order chi connectivity index (χ0) is 19.7. The largest absolute Gasteiger partial charge is 0.266 e. The predicted molar refractivity (Wildman–Crippen MR) is 95.9 cm³/mol. The molecule has 0 N–H and O–H groups in total. The number of hydrogen-bond acceptors (Lipinski definition) is 4. The van der Waals surface area contributed by atoms with Crippen LogP contribution in [0.1, 0.15) is 23.1 Å². The van der Waals surface area contributed by atoms with Crippen LogP contribution in [0.3, 0.4) is 0 Å². The molecule has 0 saturated heterocycles. The van der Waals surface area contributed by atoms with Crippen molar-refractivity contribution in [1.82, 2.24) is 19.7 Å². The maximum atomic E-state index is 14.5. The molecule has 28 heavy (non-hydrogen) atoms. The summed E-state index contributed by atoms with van der Waals surface area (Å²) in [7, 11) is 0. The molecule has 0 spiro atoms. The predicted octanol–water partition coefficient (Wildman–Crippen LogP) is 4.49. The number of halogens is 3. The molecule has 5 nitrogen and oxygen atoms in total. The van der Waals surface area contributed by atoms with Crippen molar-refractivity contribution in [3.63, 3.8) is 0 Å². The molecule has 0 bridgehead atoms. The van der Waals surface area contributed by atoms with Gasteiger partial charge < -0.3 is 0 Å². The van der Waals surface area contributed by atoms with Crippen LogP contribution in [0.25, 0.3) is 22.2 Å². The quantitative estimate of drug-likeness (QED) is 0.524. The van der Waals surface area contributed by atoms with Gasteiger partial charge in [0.15, 0.2) is 0 Å². The average molecular weight is 379 g/mol. The van der Waals surface area contributed by atoms with Gasteiger partial charge in [0.1, 0.15) is 17.4 Å². The molecule has 3 aromatic heterocycles. The summed E-state index contributed by atoms with van der Waals surface area (Å²) in [5, 5.41) is 13.3. The second-order valence-corrected chi connectivity index (χ2v) is 6.13. The van der Waals surface area contributed by atoms with Crippen molar-refractivity contribution < 1.29 is 13.2 Å².